The number of hydrogen-bond donors (Lipinski definition) is 0. The summed E-state index contributed by atoms with van der Waals surface area (Å²) in [6, 6.07) is 0. The lowest BCUT2D eigenvalue weighted by molar-refractivity contribution is -0.167. The molecule has 0 saturated heterocycles. The number of carbonyl (C=O) groups is 3. The summed E-state index contributed by atoms with van der Waals surface area (Å²) < 4.78 is 16.8. The third kappa shape index (κ3) is 53.3. The molecule has 0 aliphatic carbocycles. The van der Waals surface area contributed by atoms with E-state index in [1.54, 1.807) is 0 Å². The molecule has 0 saturated carbocycles. The molecule has 0 spiro atoms. The molecule has 0 amide bonds. The topological polar surface area (TPSA) is 78.9 Å². The van der Waals surface area contributed by atoms with E-state index in [4.69, 9.17) is 14.2 Å². The predicted octanol–water partition coefficient (Wildman–Crippen LogP) is 18.9. The number of unbranched alkanes of at least 4 members (excludes halogenated alkanes) is 24. The highest BCUT2D eigenvalue weighted by molar-refractivity contribution is 5.71. The maximum atomic E-state index is 12.8. The Morgan fingerprint density at radius 1 is 0.324 bits per heavy atom. The molecule has 0 aliphatic rings. The summed E-state index contributed by atoms with van der Waals surface area (Å²) in [7, 11) is 0. The monoisotopic (exact) mass is 945 g/mol. The second-order valence-electron chi connectivity index (χ2n) is 18.5. The molecule has 1 unspecified atom stereocenters. The van der Waals surface area contributed by atoms with Crippen LogP contribution in [0.2, 0.25) is 0 Å². The van der Waals surface area contributed by atoms with Gasteiger partial charge in [0.05, 0.1) is 0 Å². The van der Waals surface area contributed by atoms with Gasteiger partial charge in [-0.15, -0.1) is 0 Å². The first-order chi connectivity index (χ1) is 33.5. The van der Waals surface area contributed by atoms with Gasteiger partial charge in [0.15, 0.2) is 6.10 Å². The predicted molar refractivity (Wildman–Crippen MR) is 293 cm³/mol. The Morgan fingerprint density at radius 3 is 1.06 bits per heavy atom. The first kappa shape index (κ1) is 64.3. The highest BCUT2D eigenvalue weighted by atomic mass is 16.6. The molecule has 0 radical (unpaired) electrons. The van der Waals surface area contributed by atoms with E-state index >= 15 is 0 Å². The molecular weight excluding hydrogens is 841 g/mol. The zero-order valence-electron chi connectivity index (χ0n) is 44.3. The Kier molecular flexibility index (Phi) is 52.9. The van der Waals surface area contributed by atoms with Gasteiger partial charge >= 0.3 is 17.9 Å². The fraction of sp³-hybridized carbons (Fsp3) is 0.694. The van der Waals surface area contributed by atoms with Gasteiger partial charge in [-0.25, -0.2) is 0 Å². The summed E-state index contributed by atoms with van der Waals surface area (Å²) in [6.45, 7) is 6.45. The molecule has 0 aromatic heterocycles. The molecule has 6 nitrogen and oxygen atoms in total. The lowest BCUT2D eigenvalue weighted by atomic mass is 10.1. The number of rotatable bonds is 50. The smallest absolute Gasteiger partial charge is 0.306 e. The third-order valence-electron chi connectivity index (χ3n) is 11.8. The van der Waals surface area contributed by atoms with E-state index in [0.717, 1.165) is 96.3 Å². The van der Waals surface area contributed by atoms with Crippen molar-refractivity contribution in [2.75, 3.05) is 13.2 Å². The van der Waals surface area contributed by atoms with Crippen LogP contribution in [0.3, 0.4) is 0 Å². The van der Waals surface area contributed by atoms with Crippen molar-refractivity contribution in [3.05, 3.63) is 97.2 Å². The largest absolute Gasteiger partial charge is 0.462 e. The molecule has 0 heterocycles. The van der Waals surface area contributed by atoms with Crippen LogP contribution in [0.15, 0.2) is 97.2 Å². The highest BCUT2D eigenvalue weighted by Gasteiger charge is 2.19. The Hall–Kier alpha value is -3.67. The van der Waals surface area contributed by atoms with E-state index in [-0.39, 0.29) is 37.5 Å². The lowest BCUT2D eigenvalue weighted by Crippen LogP contribution is -2.30. The highest BCUT2D eigenvalue weighted by Crippen LogP contribution is 2.14. The van der Waals surface area contributed by atoms with Crippen LogP contribution in [-0.4, -0.2) is 37.2 Å². The fourth-order valence-corrected chi connectivity index (χ4v) is 7.58. The van der Waals surface area contributed by atoms with E-state index in [0.29, 0.717) is 19.3 Å². The molecular formula is C62H104O6. The minimum absolute atomic E-state index is 0.108. The van der Waals surface area contributed by atoms with E-state index in [2.05, 4.69) is 118 Å². The van der Waals surface area contributed by atoms with Crippen LogP contribution in [0.1, 0.15) is 258 Å². The fourth-order valence-electron chi connectivity index (χ4n) is 7.58. The molecule has 0 aliphatic heterocycles. The molecule has 0 bridgehead atoms. The molecule has 0 aromatic rings. The summed E-state index contributed by atoms with van der Waals surface area (Å²) in [5.41, 5.74) is 0. The standard InChI is InChI=1S/C62H104O6/c1-4-7-10-13-16-19-22-25-28-30-32-34-37-40-43-46-49-52-55-61(64)67-58-59(57-66-60(63)54-51-48-45-42-39-36-33-27-24-21-18-15-12-9-6-3)68-62(65)56-53-50-47-44-41-38-35-31-29-26-23-20-17-14-11-8-5-2/h8,11,17,20-21,24,26,28-30,32,34-35,38,44,47,59H,4-7,9-10,12-16,18-19,22-23,25,27,31,33,36-37,39-43,45-46,48-58H2,1-3H3/b11-8-,20-17-,24-21-,29-26-,30-28-,34-32-,38-35-,47-44-. The SMILES string of the molecule is CC/C=C\C/C=C\C/C=C\C/C=C\C/C=C\CCCC(=O)OC(COC(=O)CCCCCCC/C=C\C=C/CCCCCCCCC)COC(=O)CCCCCCCCC/C=C\CCCCCC. The average molecular weight is 946 g/mol. The van der Waals surface area contributed by atoms with Gasteiger partial charge in [0, 0.05) is 19.3 Å². The maximum absolute atomic E-state index is 12.8. The quantitative estimate of drug-likeness (QED) is 0.0199. The number of allylic oxidation sites excluding steroid dienone is 16. The van der Waals surface area contributed by atoms with Crippen LogP contribution in [0, 0.1) is 0 Å². The Balaban J connectivity index is 4.51. The molecule has 0 rings (SSSR count). The summed E-state index contributed by atoms with van der Waals surface area (Å²) >= 11 is 0. The van der Waals surface area contributed by atoms with Crippen LogP contribution in [0.5, 0.6) is 0 Å². The number of hydrogen-bond acceptors (Lipinski definition) is 6. The Morgan fingerprint density at radius 2 is 0.632 bits per heavy atom. The molecule has 0 fully saturated rings. The van der Waals surface area contributed by atoms with Crippen LogP contribution in [0.25, 0.3) is 0 Å². The van der Waals surface area contributed by atoms with Gasteiger partial charge in [-0.1, -0.05) is 227 Å². The van der Waals surface area contributed by atoms with E-state index in [1.807, 2.05) is 0 Å². The number of esters is 3. The number of carbonyl (C=O) groups excluding carboxylic acids is 3. The van der Waals surface area contributed by atoms with Gasteiger partial charge in [-0.05, 0) is 109 Å². The van der Waals surface area contributed by atoms with Crippen molar-refractivity contribution < 1.29 is 28.6 Å². The molecule has 68 heavy (non-hydrogen) atoms. The van der Waals surface area contributed by atoms with Crippen LogP contribution >= 0.6 is 0 Å². The van der Waals surface area contributed by atoms with Crippen LogP contribution < -0.4 is 0 Å². The molecule has 388 valence electrons. The van der Waals surface area contributed by atoms with Gasteiger partial charge in [0.1, 0.15) is 13.2 Å². The lowest BCUT2D eigenvalue weighted by Gasteiger charge is -2.18. The number of ether oxygens (including phenoxy) is 3. The Bertz CT molecular complexity index is 1360. The Labute approximate surface area is 419 Å². The van der Waals surface area contributed by atoms with Crippen LogP contribution in [0.4, 0.5) is 0 Å². The van der Waals surface area contributed by atoms with Crippen molar-refractivity contribution in [3.63, 3.8) is 0 Å². The second-order valence-corrected chi connectivity index (χ2v) is 18.5. The first-order valence-corrected chi connectivity index (χ1v) is 28.3. The summed E-state index contributed by atoms with van der Waals surface area (Å²) in [5.74, 6) is -0.985. The van der Waals surface area contributed by atoms with Crippen molar-refractivity contribution in [2.45, 2.75) is 264 Å². The third-order valence-corrected chi connectivity index (χ3v) is 11.8. The summed E-state index contributed by atoms with van der Waals surface area (Å²) in [4.78, 5) is 38.1. The molecule has 0 N–H and O–H groups in total. The van der Waals surface area contributed by atoms with E-state index in [1.165, 1.54) is 116 Å². The zero-order chi connectivity index (χ0) is 49.3. The van der Waals surface area contributed by atoms with Gasteiger partial charge < -0.3 is 14.2 Å². The molecule has 0 aromatic carbocycles. The maximum Gasteiger partial charge on any atom is 0.306 e. The van der Waals surface area contributed by atoms with Gasteiger partial charge in [-0.2, -0.15) is 0 Å². The second kappa shape index (κ2) is 55.9. The van der Waals surface area contributed by atoms with Gasteiger partial charge in [0.25, 0.3) is 0 Å². The van der Waals surface area contributed by atoms with Crippen molar-refractivity contribution in [1.29, 1.82) is 0 Å². The van der Waals surface area contributed by atoms with Gasteiger partial charge in [0.2, 0.25) is 0 Å². The van der Waals surface area contributed by atoms with E-state index in [9.17, 15) is 14.4 Å². The van der Waals surface area contributed by atoms with Crippen molar-refractivity contribution in [3.8, 4) is 0 Å². The summed E-state index contributed by atoms with van der Waals surface area (Å²) in [5, 5.41) is 0. The van der Waals surface area contributed by atoms with Crippen LogP contribution in [-0.2, 0) is 28.6 Å². The van der Waals surface area contributed by atoms with Crippen molar-refractivity contribution >= 4 is 17.9 Å². The van der Waals surface area contributed by atoms with Crippen molar-refractivity contribution in [2.24, 2.45) is 0 Å². The minimum Gasteiger partial charge on any atom is -0.462 e. The summed E-state index contributed by atoms with van der Waals surface area (Å²) in [6.07, 6.45) is 74.0. The molecule has 1 atom stereocenters. The van der Waals surface area contributed by atoms with Gasteiger partial charge in [-0.3, -0.25) is 14.4 Å². The zero-order valence-corrected chi connectivity index (χ0v) is 44.3. The average Bonchev–Trinajstić information content (AvgIpc) is 3.34. The normalized spacial score (nSPS) is 12.8. The van der Waals surface area contributed by atoms with Crippen molar-refractivity contribution in [1.82, 2.24) is 0 Å². The first-order valence-electron chi connectivity index (χ1n) is 28.3. The minimum atomic E-state index is -0.816. The van der Waals surface area contributed by atoms with E-state index < -0.39 is 6.10 Å². The molecule has 6 heteroatoms.